The minimum atomic E-state index is -0.711. The van der Waals surface area contributed by atoms with E-state index in [-0.39, 0.29) is 12.5 Å². The third kappa shape index (κ3) is 3.80. The lowest BCUT2D eigenvalue weighted by Crippen LogP contribution is -2.28. The molecule has 21 heavy (non-hydrogen) atoms. The molecule has 1 heterocycles. The van der Waals surface area contributed by atoms with Crippen LogP contribution >= 0.6 is 11.3 Å². The first-order valence-corrected chi connectivity index (χ1v) is 7.46. The van der Waals surface area contributed by atoms with Crippen molar-refractivity contribution < 1.29 is 9.90 Å². The minimum Gasteiger partial charge on any atom is -0.387 e. The molecular weight excluding hydrogens is 286 g/mol. The fourth-order valence-corrected chi connectivity index (χ4v) is 2.75. The molecule has 1 atom stereocenters. The van der Waals surface area contributed by atoms with Crippen LogP contribution in [0.3, 0.4) is 0 Å². The molecule has 0 aliphatic heterocycles. The zero-order chi connectivity index (χ0) is 15.4. The first-order valence-electron chi connectivity index (χ1n) is 6.65. The number of nitrogens with one attached hydrogen (secondary N) is 1. The molecule has 0 saturated heterocycles. The number of nitrogens with zero attached hydrogens (tertiary/aromatic N) is 2. The normalized spacial score (nSPS) is 12.0. The Bertz CT molecular complexity index is 611. The number of benzene rings is 1. The van der Waals surface area contributed by atoms with Crippen molar-refractivity contribution in [1.29, 1.82) is 0 Å². The number of rotatable bonds is 5. The predicted molar refractivity (Wildman–Crippen MR) is 84.9 cm³/mol. The fourth-order valence-electron chi connectivity index (χ4n) is 1.85. The number of anilines is 1. The van der Waals surface area contributed by atoms with E-state index in [0.29, 0.717) is 10.6 Å². The third-order valence-corrected chi connectivity index (χ3v) is 4.34. The van der Waals surface area contributed by atoms with E-state index in [1.807, 2.05) is 56.3 Å². The van der Waals surface area contributed by atoms with Crippen LogP contribution in [0.5, 0.6) is 0 Å². The number of aromatic nitrogens is 1. The van der Waals surface area contributed by atoms with Crippen LogP contribution in [0.1, 0.15) is 27.0 Å². The van der Waals surface area contributed by atoms with E-state index in [1.165, 1.54) is 11.3 Å². The van der Waals surface area contributed by atoms with E-state index in [1.54, 1.807) is 0 Å². The molecule has 5 nitrogen and oxygen atoms in total. The molecule has 0 saturated carbocycles. The summed E-state index contributed by atoms with van der Waals surface area (Å²) in [5.74, 6) is -0.201. The number of carbonyl (C=O) groups is 1. The molecule has 1 aromatic carbocycles. The maximum atomic E-state index is 12.2. The molecule has 1 amide bonds. The molecule has 0 spiro atoms. The van der Waals surface area contributed by atoms with Gasteiger partial charge in [-0.15, -0.1) is 0 Å². The average Bonchev–Trinajstić information content (AvgIpc) is 2.87. The number of thiazole rings is 1. The van der Waals surface area contributed by atoms with Crippen molar-refractivity contribution in [3.63, 3.8) is 0 Å². The molecule has 1 aromatic heterocycles. The zero-order valence-electron chi connectivity index (χ0n) is 12.3. The average molecular weight is 305 g/mol. The SMILES string of the molecule is Cc1nc(N(C)C)sc1C(=O)NCC(O)c1ccccc1. The van der Waals surface area contributed by atoms with Crippen LogP contribution in [0.4, 0.5) is 5.13 Å². The number of hydrogen-bond donors (Lipinski definition) is 2. The van der Waals surface area contributed by atoms with Gasteiger partial charge in [0, 0.05) is 20.6 Å². The Hall–Kier alpha value is -1.92. The van der Waals surface area contributed by atoms with Crippen molar-refractivity contribution in [2.24, 2.45) is 0 Å². The van der Waals surface area contributed by atoms with Crippen molar-refractivity contribution in [2.45, 2.75) is 13.0 Å². The van der Waals surface area contributed by atoms with E-state index in [9.17, 15) is 9.90 Å². The predicted octanol–water partition coefficient (Wildman–Crippen LogP) is 1.98. The number of aliphatic hydroxyl groups is 1. The van der Waals surface area contributed by atoms with Gasteiger partial charge in [0.15, 0.2) is 5.13 Å². The lowest BCUT2D eigenvalue weighted by Gasteiger charge is -2.11. The Kier molecular flexibility index (Phi) is 4.93. The van der Waals surface area contributed by atoms with Crippen LogP contribution in [0.25, 0.3) is 0 Å². The molecule has 1 unspecified atom stereocenters. The second-order valence-corrected chi connectivity index (χ2v) is 5.92. The summed E-state index contributed by atoms with van der Waals surface area (Å²) in [6.07, 6.45) is -0.711. The summed E-state index contributed by atoms with van der Waals surface area (Å²) in [5, 5.41) is 13.6. The van der Waals surface area contributed by atoms with Crippen molar-refractivity contribution >= 4 is 22.4 Å². The Labute approximate surface area is 128 Å². The topological polar surface area (TPSA) is 65.5 Å². The Balaban J connectivity index is 1.99. The highest BCUT2D eigenvalue weighted by Crippen LogP contribution is 2.24. The molecule has 0 aliphatic rings. The number of aliphatic hydroxyl groups excluding tert-OH is 1. The number of aryl methyl sites for hydroxylation is 1. The summed E-state index contributed by atoms with van der Waals surface area (Å²) in [6.45, 7) is 1.99. The fraction of sp³-hybridized carbons (Fsp3) is 0.333. The molecule has 2 rings (SSSR count). The first kappa shape index (κ1) is 15.5. The molecule has 2 aromatic rings. The van der Waals surface area contributed by atoms with Gasteiger partial charge >= 0.3 is 0 Å². The van der Waals surface area contributed by atoms with Gasteiger partial charge in [0.05, 0.1) is 11.8 Å². The maximum absolute atomic E-state index is 12.2. The van der Waals surface area contributed by atoms with Crippen molar-refractivity contribution in [3.05, 3.63) is 46.5 Å². The van der Waals surface area contributed by atoms with Gasteiger partial charge in [-0.25, -0.2) is 4.98 Å². The second-order valence-electron chi connectivity index (χ2n) is 4.94. The van der Waals surface area contributed by atoms with Gasteiger partial charge in [-0.05, 0) is 12.5 Å². The largest absolute Gasteiger partial charge is 0.387 e. The van der Waals surface area contributed by atoms with Crippen LogP contribution in [0.15, 0.2) is 30.3 Å². The lowest BCUT2D eigenvalue weighted by molar-refractivity contribution is 0.0919. The van der Waals surface area contributed by atoms with E-state index >= 15 is 0 Å². The Morgan fingerprint density at radius 3 is 2.62 bits per heavy atom. The zero-order valence-corrected chi connectivity index (χ0v) is 13.1. The molecule has 0 aliphatic carbocycles. The summed E-state index contributed by atoms with van der Waals surface area (Å²) in [4.78, 5) is 19.0. The van der Waals surface area contributed by atoms with Crippen LogP contribution < -0.4 is 10.2 Å². The van der Waals surface area contributed by atoms with E-state index in [4.69, 9.17) is 0 Å². The summed E-state index contributed by atoms with van der Waals surface area (Å²) < 4.78 is 0. The summed E-state index contributed by atoms with van der Waals surface area (Å²) >= 11 is 1.34. The third-order valence-electron chi connectivity index (χ3n) is 3.01. The van der Waals surface area contributed by atoms with Crippen molar-refractivity contribution in [1.82, 2.24) is 10.3 Å². The molecule has 0 radical (unpaired) electrons. The van der Waals surface area contributed by atoms with Crippen LogP contribution in [0.2, 0.25) is 0 Å². The highest BCUT2D eigenvalue weighted by molar-refractivity contribution is 7.17. The number of amides is 1. The van der Waals surface area contributed by atoms with E-state index in [0.717, 1.165) is 10.7 Å². The van der Waals surface area contributed by atoms with Gasteiger partial charge < -0.3 is 15.3 Å². The second kappa shape index (κ2) is 6.69. The summed E-state index contributed by atoms with van der Waals surface area (Å²) in [6, 6.07) is 9.27. The number of carbonyl (C=O) groups excluding carboxylic acids is 1. The van der Waals surface area contributed by atoms with Crippen LogP contribution in [0, 0.1) is 6.92 Å². The van der Waals surface area contributed by atoms with Gasteiger partial charge in [-0.2, -0.15) is 0 Å². The highest BCUT2D eigenvalue weighted by atomic mass is 32.1. The Morgan fingerprint density at radius 2 is 2.05 bits per heavy atom. The quantitative estimate of drug-likeness (QED) is 0.886. The lowest BCUT2D eigenvalue weighted by atomic mass is 10.1. The van der Waals surface area contributed by atoms with Gasteiger partial charge in [0.25, 0.3) is 5.91 Å². The monoisotopic (exact) mass is 305 g/mol. The highest BCUT2D eigenvalue weighted by Gasteiger charge is 2.17. The summed E-state index contributed by atoms with van der Waals surface area (Å²) in [5.41, 5.74) is 1.49. The van der Waals surface area contributed by atoms with Crippen molar-refractivity contribution in [2.75, 3.05) is 25.5 Å². The molecule has 0 bridgehead atoms. The standard InChI is InChI=1S/C15H19N3O2S/c1-10-13(21-15(17-10)18(2)3)14(20)16-9-12(19)11-7-5-4-6-8-11/h4-8,12,19H,9H2,1-3H3,(H,16,20). The Morgan fingerprint density at radius 1 is 1.38 bits per heavy atom. The van der Waals surface area contributed by atoms with E-state index < -0.39 is 6.10 Å². The van der Waals surface area contributed by atoms with Crippen LogP contribution in [-0.2, 0) is 0 Å². The minimum absolute atomic E-state index is 0.178. The van der Waals surface area contributed by atoms with Crippen LogP contribution in [-0.4, -0.2) is 36.6 Å². The molecule has 2 N–H and O–H groups in total. The maximum Gasteiger partial charge on any atom is 0.263 e. The molecule has 0 fully saturated rings. The van der Waals surface area contributed by atoms with Gasteiger partial charge in [0.2, 0.25) is 0 Å². The van der Waals surface area contributed by atoms with Gasteiger partial charge in [-0.3, -0.25) is 4.79 Å². The number of hydrogen-bond acceptors (Lipinski definition) is 5. The van der Waals surface area contributed by atoms with Crippen molar-refractivity contribution in [3.8, 4) is 0 Å². The van der Waals surface area contributed by atoms with Gasteiger partial charge in [0.1, 0.15) is 4.88 Å². The molecule has 112 valence electrons. The smallest absolute Gasteiger partial charge is 0.263 e. The first-order chi connectivity index (χ1) is 9.99. The summed E-state index contributed by atoms with van der Waals surface area (Å²) in [7, 11) is 3.78. The molecule has 6 heteroatoms. The van der Waals surface area contributed by atoms with Gasteiger partial charge in [-0.1, -0.05) is 41.7 Å². The van der Waals surface area contributed by atoms with E-state index in [2.05, 4.69) is 10.3 Å². The molecular formula is C15H19N3O2S.